The van der Waals surface area contributed by atoms with Gasteiger partial charge in [-0.05, 0) is 72.4 Å². The van der Waals surface area contributed by atoms with Gasteiger partial charge in [0.15, 0.2) is 0 Å². The van der Waals surface area contributed by atoms with Crippen molar-refractivity contribution >= 4 is 24.2 Å². The molecule has 1 unspecified atom stereocenters. The summed E-state index contributed by atoms with van der Waals surface area (Å²) in [5.74, 6) is 0.870. The first-order chi connectivity index (χ1) is 13.6. The highest BCUT2D eigenvalue weighted by Crippen LogP contribution is 2.34. The molecule has 0 saturated carbocycles. The van der Waals surface area contributed by atoms with E-state index in [1.807, 2.05) is 30.3 Å². The lowest BCUT2D eigenvalue weighted by Gasteiger charge is -2.33. The second kappa shape index (κ2) is 9.68. The summed E-state index contributed by atoms with van der Waals surface area (Å²) in [5.41, 5.74) is 9.59. The van der Waals surface area contributed by atoms with E-state index in [2.05, 4.69) is 42.5 Å². The molecule has 152 valence electrons. The molecule has 4 rings (SSSR count). The molecule has 5 heteroatoms. The van der Waals surface area contributed by atoms with Crippen LogP contribution in [0.3, 0.4) is 0 Å². The van der Waals surface area contributed by atoms with Gasteiger partial charge in [-0.15, -0.1) is 12.4 Å². The second-order valence-electron chi connectivity index (χ2n) is 7.48. The van der Waals surface area contributed by atoms with Crippen molar-refractivity contribution in [3.63, 3.8) is 0 Å². The molecule has 29 heavy (non-hydrogen) atoms. The Balaban J connectivity index is 0.00000240. The van der Waals surface area contributed by atoms with Gasteiger partial charge in [0.05, 0.1) is 6.61 Å². The number of rotatable bonds is 6. The highest BCUT2D eigenvalue weighted by Gasteiger charge is 2.29. The molecule has 0 spiro atoms. The average molecular weight is 428 g/mol. The summed E-state index contributed by atoms with van der Waals surface area (Å²) in [6.45, 7) is 0.609. The molecule has 1 atom stereocenters. The summed E-state index contributed by atoms with van der Waals surface area (Å²) < 4.78 is 5.86. The maximum absolute atomic E-state index is 9.58. The third kappa shape index (κ3) is 5.55. The minimum absolute atomic E-state index is 0. The van der Waals surface area contributed by atoms with Crippen LogP contribution in [0, 0.1) is 0 Å². The molecule has 3 aromatic rings. The van der Waals surface area contributed by atoms with E-state index < -0.39 is 5.54 Å². The molecule has 0 bridgehead atoms. The number of nitrogens with two attached hydrogens (primary N) is 1. The van der Waals surface area contributed by atoms with Crippen LogP contribution in [0.2, 0.25) is 0 Å². The van der Waals surface area contributed by atoms with Crippen LogP contribution in [-0.4, -0.2) is 17.3 Å². The first-order valence-electron chi connectivity index (χ1n) is 9.60. The van der Waals surface area contributed by atoms with Gasteiger partial charge in [-0.3, -0.25) is 0 Å². The number of halogens is 1. The van der Waals surface area contributed by atoms with E-state index in [1.54, 1.807) is 11.8 Å². The van der Waals surface area contributed by atoms with Crippen LogP contribution < -0.4 is 10.5 Å². The molecule has 0 heterocycles. The second-order valence-corrected chi connectivity index (χ2v) is 8.62. The van der Waals surface area contributed by atoms with E-state index >= 15 is 0 Å². The Hall–Kier alpha value is -1.98. The van der Waals surface area contributed by atoms with Crippen LogP contribution in [0.15, 0.2) is 82.6 Å². The number of hydrogen-bond donors (Lipinski definition) is 2. The SMILES string of the molecule is Cl.NC1(CO)CCc2ccc(Sc3ccc(OCc4ccccc4)cc3)cc2C1. The summed E-state index contributed by atoms with van der Waals surface area (Å²) >= 11 is 1.73. The van der Waals surface area contributed by atoms with Crippen LogP contribution in [0.4, 0.5) is 0 Å². The van der Waals surface area contributed by atoms with Crippen molar-refractivity contribution in [3.8, 4) is 5.75 Å². The molecule has 1 aliphatic carbocycles. The zero-order valence-electron chi connectivity index (χ0n) is 16.2. The smallest absolute Gasteiger partial charge is 0.119 e. The van der Waals surface area contributed by atoms with Crippen molar-refractivity contribution in [2.24, 2.45) is 5.73 Å². The maximum Gasteiger partial charge on any atom is 0.119 e. The van der Waals surface area contributed by atoms with Gasteiger partial charge in [0.2, 0.25) is 0 Å². The van der Waals surface area contributed by atoms with Gasteiger partial charge < -0.3 is 15.6 Å². The number of aliphatic hydroxyl groups excluding tert-OH is 1. The summed E-state index contributed by atoms with van der Waals surface area (Å²) in [5, 5.41) is 9.58. The Morgan fingerprint density at radius 2 is 1.66 bits per heavy atom. The van der Waals surface area contributed by atoms with E-state index in [0.29, 0.717) is 6.61 Å². The van der Waals surface area contributed by atoms with Gasteiger partial charge >= 0.3 is 0 Å². The Labute approximate surface area is 182 Å². The van der Waals surface area contributed by atoms with Gasteiger partial charge in [-0.2, -0.15) is 0 Å². The Morgan fingerprint density at radius 3 is 2.38 bits per heavy atom. The van der Waals surface area contributed by atoms with Gasteiger partial charge in [0, 0.05) is 15.3 Å². The Morgan fingerprint density at radius 1 is 0.931 bits per heavy atom. The molecule has 0 aliphatic heterocycles. The molecular formula is C24H26ClNO2S. The van der Waals surface area contributed by atoms with E-state index in [9.17, 15) is 5.11 Å². The van der Waals surface area contributed by atoms with Gasteiger partial charge in [-0.25, -0.2) is 0 Å². The zero-order chi connectivity index (χ0) is 19.4. The lowest BCUT2D eigenvalue weighted by Crippen LogP contribution is -2.48. The van der Waals surface area contributed by atoms with Crippen LogP contribution in [-0.2, 0) is 19.4 Å². The molecule has 0 amide bonds. The first kappa shape index (κ1) is 21.7. The van der Waals surface area contributed by atoms with Crippen LogP contribution in [0.25, 0.3) is 0 Å². The summed E-state index contributed by atoms with van der Waals surface area (Å²) in [6, 6.07) is 25.0. The number of aryl methyl sites for hydroxylation is 1. The largest absolute Gasteiger partial charge is 0.489 e. The quantitative estimate of drug-likeness (QED) is 0.580. The van der Waals surface area contributed by atoms with Crippen molar-refractivity contribution in [2.75, 3.05) is 6.61 Å². The number of aliphatic hydroxyl groups is 1. The third-order valence-electron chi connectivity index (χ3n) is 5.24. The monoisotopic (exact) mass is 427 g/mol. The van der Waals surface area contributed by atoms with E-state index in [4.69, 9.17) is 10.5 Å². The lowest BCUT2D eigenvalue weighted by atomic mass is 9.79. The van der Waals surface area contributed by atoms with Gasteiger partial charge in [-0.1, -0.05) is 48.2 Å². The van der Waals surface area contributed by atoms with Gasteiger partial charge in [0.1, 0.15) is 12.4 Å². The normalized spacial score (nSPS) is 17.9. The summed E-state index contributed by atoms with van der Waals surface area (Å²) in [6.07, 6.45) is 2.51. The number of hydrogen-bond acceptors (Lipinski definition) is 4. The fourth-order valence-electron chi connectivity index (χ4n) is 3.54. The van der Waals surface area contributed by atoms with Crippen molar-refractivity contribution in [1.82, 2.24) is 0 Å². The minimum Gasteiger partial charge on any atom is -0.489 e. The molecule has 0 fully saturated rings. The van der Waals surface area contributed by atoms with E-state index in [1.165, 1.54) is 20.9 Å². The summed E-state index contributed by atoms with van der Waals surface area (Å²) in [4.78, 5) is 2.36. The highest BCUT2D eigenvalue weighted by molar-refractivity contribution is 7.99. The molecule has 0 radical (unpaired) electrons. The summed E-state index contributed by atoms with van der Waals surface area (Å²) in [7, 11) is 0. The van der Waals surface area contributed by atoms with E-state index in [-0.39, 0.29) is 19.0 Å². The van der Waals surface area contributed by atoms with Crippen LogP contribution >= 0.6 is 24.2 Å². The molecule has 3 N–H and O–H groups in total. The van der Waals surface area contributed by atoms with Crippen molar-refractivity contribution in [3.05, 3.63) is 89.5 Å². The third-order valence-corrected chi connectivity index (χ3v) is 6.23. The van der Waals surface area contributed by atoms with Crippen molar-refractivity contribution in [1.29, 1.82) is 0 Å². The molecule has 1 aliphatic rings. The van der Waals surface area contributed by atoms with E-state index in [0.717, 1.165) is 30.6 Å². The maximum atomic E-state index is 9.58. The van der Waals surface area contributed by atoms with Crippen LogP contribution in [0.5, 0.6) is 5.75 Å². The standard InChI is InChI=1S/C24H25NO2S.ClH/c25-24(17-26)13-12-19-6-9-23(14-20(19)15-24)28-22-10-7-21(8-11-22)27-16-18-4-2-1-3-5-18;/h1-11,14,26H,12-13,15-17,25H2;1H. The Bertz CT molecular complexity index is 933. The lowest BCUT2D eigenvalue weighted by molar-refractivity contribution is 0.181. The first-order valence-corrected chi connectivity index (χ1v) is 10.4. The van der Waals surface area contributed by atoms with Gasteiger partial charge in [0.25, 0.3) is 0 Å². The minimum atomic E-state index is -0.478. The highest BCUT2D eigenvalue weighted by atomic mass is 35.5. The van der Waals surface area contributed by atoms with Crippen molar-refractivity contribution in [2.45, 2.75) is 41.2 Å². The number of fused-ring (bicyclic) bond motifs is 1. The molecule has 0 saturated heterocycles. The zero-order valence-corrected chi connectivity index (χ0v) is 17.8. The molecule has 3 aromatic carbocycles. The predicted octanol–water partition coefficient (Wildman–Crippen LogP) is 5.02. The number of ether oxygens (including phenoxy) is 1. The Kier molecular flexibility index (Phi) is 7.25. The van der Waals surface area contributed by atoms with Crippen LogP contribution in [0.1, 0.15) is 23.1 Å². The average Bonchev–Trinajstić information content (AvgIpc) is 2.74. The topological polar surface area (TPSA) is 55.5 Å². The predicted molar refractivity (Wildman–Crippen MR) is 121 cm³/mol. The molecule has 3 nitrogen and oxygen atoms in total. The fraction of sp³-hybridized carbons (Fsp3) is 0.250. The van der Waals surface area contributed by atoms with Crippen molar-refractivity contribution < 1.29 is 9.84 Å². The molecular weight excluding hydrogens is 402 g/mol. The fourth-order valence-corrected chi connectivity index (χ4v) is 4.42. The molecule has 0 aromatic heterocycles. The number of benzene rings is 3.